The van der Waals surface area contributed by atoms with Crippen LogP contribution >= 0.6 is 0 Å². The van der Waals surface area contributed by atoms with Crippen LogP contribution in [-0.4, -0.2) is 36.7 Å². The smallest absolute Gasteiger partial charge is 0.150 e. The maximum atomic E-state index is 11.2. The summed E-state index contributed by atoms with van der Waals surface area (Å²) in [4.78, 5) is 22.4. The molecule has 0 aliphatic carbocycles. The van der Waals surface area contributed by atoms with Gasteiger partial charge >= 0.3 is 0 Å². The molecule has 0 saturated heterocycles. The number of Topliss-reactive ketones (excluding diaryl/α,β-unsaturated/α-hetero) is 2. The van der Waals surface area contributed by atoms with Crippen molar-refractivity contribution in [2.45, 2.75) is 31.3 Å². The van der Waals surface area contributed by atoms with E-state index in [1.807, 2.05) is 0 Å². The molecule has 0 aliphatic rings. The molecule has 0 aliphatic heterocycles. The number of nitrogens with two attached hydrogens (primary N) is 4. The molecule has 0 bridgehead atoms. The monoisotopic (exact) mass is 216 g/mol. The first-order chi connectivity index (χ1) is 7.02. The Kier molecular flexibility index (Phi) is 7.06. The van der Waals surface area contributed by atoms with Gasteiger partial charge in [0.05, 0.1) is 12.1 Å². The minimum absolute atomic E-state index is 0.119. The largest absolute Gasteiger partial charge is 0.328 e. The molecule has 0 rings (SSSR count). The number of ketones is 2. The summed E-state index contributed by atoms with van der Waals surface area (Å²) in [5.41, 5.74) is 21.3. The van der Waals surface area contributed by atoms with E-state index >= 15 is 0 Å². The lowest BCUT2D eigenvalue weighted by atomic mass is 10.0. The fraction of sp³-hybridized carbons (Fsp3) is 0.778. The standard InChI is InChI=1S/C9H20N4O2/c10-4-6(12)8(14)2-1-3-9(15)7(13)5-11/h6-7H,1-5,10-13H2. The van der Waals surface area contributed by atoms with Gasteiger partial charge in [0.25, 0.3) is 0 Å². The van der Waals surface area contributed by atoms with Gasteiger partial charge in [-0.15, -0.1) is 0 Å². The maximum absolute atomic E-state index is 11.2. The fourth-order valence-corrected chi connectivity index (χ4v) is 1.07. The topological polar surface area (TPSA) is 138 Å². The second-order valence-corrected chi connectivity index (χ2v) is 3.47. The van der Waals surface area contributed by atoms with Crippen molar-refractivity contribution in [1.29, 1.82) is 0 Å². The lowest BCUT2D eigenvalue weighted by molar-refractivity contribution is -0.121. The Morgan fingerprint density at radius 2 is 1.20 bits per heavy atom. The van der Waals surface area contributed by atoms with Gasteiger partial charge in [-0.1, -0.05) is 0 Å². The molecule has 0 radical (unpaired) electrons. The molecule has 0 fully saturated rings. The van der Waals surface area contributed by atoms with Gasteiger partial charge in [-0.05, 0) is 6.42 Å². The molecule has 0 saturated carbocycles. The van der Waals surface area contributed by atoms with Gasteiger partial charge in [-0.25, -0.2) is 0 Å². The quantitative estimate of drug-likeness (QED) is 0.365. The number of hydrogen-bond acceptors (Lipinski definition) is 6. The lowest BCUT2D eigenvalue weighted by Gasteiger charge is -2.08. The van der Waals surface area contributed by atoms with Crippen molar-refractivity contribution in [3.05, 3.63) is 0 Å². The van der Waals surface area contributed by atoms with Crippen LogP contribution in [0.15, 0.2) is 0 Å². The van der Waals surface area contributed by atoms with Crippen molar-refractivity contribution in [3.63, 3.8) is 0 Å². The van der Waals surface area contributed by atoms with E-state index in [2.05, 4.69) is 0 Å². The molecule has 8 N–H and O–H groups in total. The second-order valence-electron chi connectivity index (χ2n) is 3.47. The van der Waals surface area contributed by atoms with Gasteiger partial charge in [0.15, 0.2) is 11.6 Å². The van der Waals surface area contributed by atoms with Crippen LogP contribution in [0.3, 0.4) is 0 Å². The van der Waals surface area contributed by atoms with Crippen molar-refractivity contribution < 1.29 is 9.59 Å². The van der Waals surface area contributed by atoms with E-state index in [1.165, 1.54) is 0 Å². The molecule has 2 atom stereocenters. The molecule has 88 valence electrons. The summed E-state index contributed by atoms with van der Waals surface area (Å²) >= 11 is 0. The van der Waals surface area contributed by atoms with Gasteiger partial charge in [0.1, 0.15) is 0 Å². The van der Waals surface area contributed by atoms with Crippen LogP contribution in [-0.2, 0) is 9.59 Å². The summed E-state index contributed by atoms with van der Waals surface area (Å²) in [5.74, 6) is -0.238. The van der Waals surface area contributed by atoms with E-state index in [0.717, 1.165) is 0 Å². The van der Waals surface area contributed by atoms with E-state index in [0.29, 0.717) is 6.42 Å². The molecule has 0 aromatic rings. The molecule has 2 unspecified atom stereocenters. The van der Waals surface area contributed by atoms with Crippen molar-refractivity contribution in [1.82, 2.24) is 0 Å². The van der Waals surface area contributed by atoms with E-state index in [1.54, 1.807) is 0 Å². The van der Waals surface area contributed by atoms with Crippen molar-refractivity contribution in [3.8, 4) is 0 Å². The number of carbonyl (C=O) groups is 2. The zero-order valence-electron chi connectivity index (χ0n) is 8.82. The van der Waals surface area contributed by atoms with Crippen LogP contribution in [0.5, 0.6) is 0 Å². The zero-order valence-corrected chi connectivity index (χ0v) is 8.82. The molecule has 6 heteroatoms. The highest BCUT2D eigenvalue weighted by molar-refractivity contribution is 5.86. The molecular weight excluding hydrogens is 196 g/mol. The minimum Gasteiger partial charge on any atom is -0.328 e. The Bertz CT molecular complexity index is 198. The molecule has 0 aromatic carbocycles. The summed E-state index contributed by atoms with van der Waals surface area (Å²) in [5, 5.41) is 0. The van der Waals surface area contributed by atoms with E-state index in [4.69, 9.17) is 22.9 Å². The van der Waals surface area contributed by atoms with Crippen molar-refractivity contribution in [2.75, 3.05) is 13.1 Å². The number of hydrogen-bond donors (Lipinski definition) is 4. The van der Waals surface area contributed by atoms with E-state index < -0.39 is 12.1 Å². The van der Waals surface area contributed by atoms with E-state index in [-0.39, 0.29) is 37.5 Å². The van der Waals surface area contributed by atoms with Gasteiger partial charge in [-0.3, -0.25) is 9.59 Å². The summed E-state index contributed by atoms with van der Waals surface area (Å²) in [6.45, 7) is 0.268. The fourth-order valence-electron chi connectivity index (χ4n) is 1.07. The third-order valence-corrected chi connectivity index (χ3v) is 2.18. The predicted molar refractivity (Wildman–Crippen MR) is 57.9 cm³/mol. The Labute approximate surface area is 89.3 Å². The van der Waals surface area contributed by atoms with Crippen molar-refractivity contribution in [2.24, 2.45) is 22.9 Å². The van der Waals surface area contributed by atoms with Crippen LogP contribution in [0.4, 0.5) is 0 Å². The van der Waals surface area contributed by atoms with E-state index in [9.17, 15) is 9.59 Å². The first kappa shape index (κ1) is 14.2. The Balaban J connectivity index is 3.70. The summed E-state index contributed by atoms with van der Waals surface area (Å²) < 4.78 is 0. The van der Waals surface area contributed by atoms with Crippen LogP contribution in [0, 0.1) is 0 Å². The SMILES string of the molecule is NCC(N)C(=O)CCCC(=O)C(N)CN. The summed E-state index contributed by atoms with van der Waals surface area (Å²) in [6, 6.07) is -1.24. The zero-order chi connectivity index (χ0) is 11.8. The van der Waals surface area contributed by atoms with Crippen LogP contribution in [0.25, 0.3) is 0 Å². The number of rotatable bonds is 8. The first-order valence-electron chi connectivity index (χ1n) is 4.99. The Hall–Kier alpha value is -0.820. The van der Waals surface area contributed by atoms with Gasteiger partial charge in [-0.2, -0.15) is 0 Å². The molecular formula is C9H20N4O2. The van der Waals surface area contributed by atoms with Gasteiger partial charge < -0.3 is 22.9 Å². The van der Waals surface area contributed by atoms with Crippen LogP contribution in [0.1, 0.15) is 19.3 Å². The van der Waals surface area contributed by atoms with Gasteiger partial charge in [0, 0.05) is 25.9 Å². The summed E-state index contributed by atoms with van der Waals surface area (Å²) in [7, 11) is 0. The molecule has 0 heterocycles. The summed E-state index contributed by atoms with van der Waals surface area (Å²) in [6.07, 6.45) is 0.988. The van der Waals surface area contributed by atoms with Crippen LogP contribution < -0.4 is 22.9 Å². The molecule has 0 amide bonds. The highest BCUT2D eigenvalue weighted by Crippen LogP contribution is 2.00. The van der Waals surface area contributed by atoms with Gasteiger partial charge in [0.2, 0.25) is 0 Å². The molecule has 6 nitrogen and oxygen atoms in total. The number of carbonyl (C=O) groups excluding carboxylic acids is 2. The maximum Gasteiger partial charge on any atom is 0.150 e. The minimum atomic E-state index is -0.622. The highest BCUT2D eigenvalue weighted by Gasteiger charge is 2.14. The highest BCUT2D eigenvalue weighted by atomic mass is 16.1. The third-order valence-electron chi connectivity index (χ3n) is 2.18. The first-order valence-corrected chi connectivity index (χ1v) is 4.99. The molecule has 0 spiro atoms. The average Bonchev–Trinajstić information content (AvgIpc) is 2.26. The third kappa shape index (κ3) is 5.58. The van der Waals surface area contributed by atoms with Crippen LogP contribution in [0.2, 0.25) is 0 Å². The lowest BCUT2D eigenvalue weighted by Crippen LogP contribution is -2.39. The Morgan fingerprint density at radius 1 is 0.867 bits per heavy atom. The Morgan fingerprint density at radius 3 is 1.47 bits per heavy atom. The van der Waals surface area contributed by atoms with Crippen molar-refractivity contribution >= 4 is 11.6 Å². The predicted octanol–water partition coefficient (Wildman–Crippen LogP) is -2.13. The second kappa shape index (κ2) is 7.47. The average molecular weight is 216 g/mol. The molecule has 15 heavy (non-hydrogen) atoms. The molecule has 0 aromatic heterocycles. The normalized spacial score (nSPS) is 14.7.